The van der Waals surface area contributed by atoms with Crippen molar-refractivity contribution in [2.24, 2.45) is 0 Å². The maximum atomic E-state index is 13.9. The Labute approximate surface area is 136 Å². The second kappa shape index (κ2) is 6.74. The maximum Gasteiger partial charge on any atom is 0.315 e. The average molecular weight is 321 g/mol. The molecule has 2 aliphatic heterocycles. The van der Waals surface area contributed by atoms with E-state index in [-0.39, 0.29) is 23.4 Å². The highest BCUT2D eigenvalue weighted by Crippen LogP contribution is 2.23. The number of piperidine rings is 1. The Kier molecular flexibility index (Phi) is 4.71. The number of hydrogen-bond acceptors (Lipinski definition) is 3. The van der Waals surface area contributed by atoms with Gasteiger partial charge in [0.15, 0.2) is 0 Å². The molecule has 0 unspecified atom stereocenters. The van der Waals surface area contributed by atoms with Crippen LogP contribution in [0.25, 0.3) is 0 Å². The van der Waals surface area contributed by atoms with E-state index in [4.69, 9.17) is 4.74 Å². The molecule has 0 aliphatic carbocycles. The zero-order chi connectivity index (χ0) is 16.3. The molecule has 0 bridgehead atoms. The van der Waals surface area contributed by atoms with Gasteiger partial charge in [0.1, 0.15) is 5.82 Å². The Hall–Kier alpha value is -1.82. The van der Waals surface area contributed by atoms with E-state index in [1.807, 2.05) is 17.9 Å². The SMILES string of the molecule is C[C@]1(NC(=O)N[C@H]2CCCN(c3ccccc3F)C2)CCOC1. The van der Waals surface area contributed by atoms with Crippen molar-refractivity contribution in [1.82, 2.24) is 10.6 Å². The van der Waals surface area contributed by atoms with Crippen LogP contribution in [0.5, 0.6) is 0 Å². The third-order valence-electron chi connectivity index (χ3n) is 4.58. The summed E-state index contributed by atoms with van der Waals surface area (Å²) in [5.41, 5.74) is 0.319. The molecular formula is C17H24FN3O2. The van der Waals surface area contributed by atoms with Crippen molar-refractivity contribution in [2.75, 3.05) is 31.2 Å². The molecule has 2 N–H and O–H groups in total. The lowest BCUT2D eigenvalue weighted by atomic mass is 10.0. The van der Waals surface area contributed by atoms with Crippen molar-refractivity contribution < 1.29 is 13.9 Å². The lowest BCUT2D eigenvalue weighted by Gasteiger charge is -2.35. The van der Waals surface area contributed by atoms with Gasteiger partial charge in [-0.2, -0.15) is 0 Å². The summed E-state index contributed by atoms with van der Waals surface area (Å²) in [6.45, 7) is 4.66. The average Bonchev–Trinajstić information content (AvgIpc) is 2.94. The van der Waals surface area contributed by atoms with Crippen molar-refractivity contribution in [3.05, 3.63) is 30.1 Å². The highest BCUT2D eigenvalue weighted by atomic mass is 19.1. The molecule has 0 radical (unpaired) electrons. The van der Waals surface area contributed by atoms with Crippen LogP contribution in [0.3, 0.4) is 0 Å². The second-order valence-electron chi connectivity index (χ2n) is 6.70. The van der Waals surface area contributed by atoms with E-state index in [9.17, 15) is 9.18 Å². The van der Waals surface area contributed by atoms with Crippen molar-refractivity contribution >= 4 is 11.7 Å². The first-order valence-electron chi connectivity index (χ1n) is 8.22. The summed E-state index contributed by atoms with van der Waals surface area (Å²) >= 11 is 0. The Morgan fingerprint density at radius 1 is 1.43 bits per heavy atom. The van der Waals surface area contributed by atoms with Crippen LogP contribution in [0.1, 0.15) is 26.2 Å². The van der Waals surface area contributed by atoms with E-state index in [0.717, 1.165) is 25.8 Å². The van der Waals surface area contributed by atoms with Gasteiger partial charge < -0.3 is 20.3 Å². The first-order valence-corrected chi connectivity index (χ1v) is 8.22. The molecule has 2 fully saturated rings. The highest BCUT2D eigenvalue weighted by Gasteiger charge is 2.32. The predicted octanol–water partition coefficient (Wildman–Crippen LogP) is 2.27. The van der Waals surface area contributed by atoms with Crippen LogP contribution in [0.4, 0.5) is 14.9 Å². The summed E-state index contributed by atoms with van der Waals surface area (Å²) in [5, 5.41) is 6.02. The van der Waals surface area contributed by atoms with Gasteiger partial charge in [-0.25, -0.2) is 9.18 Å². The molecule has 23 heavy (non-hydrogen) atoms. The summed E-state index contributed by atoms with van der Waals surface area (Å²) in [4.78, 5) is 14.2. The number of rotatable bonds is 3. The molecule has 0 saturated carbocycles. The maximum absolute atomic E-state index is 13.9. The van der Waals surface area contributed by atoms with Crippen molar-refractivity contribution in [3.8, 4) is 0 Å². The fourth-order valence-corrected chi connectivity index (χ4v) is 3.28. The van der Waals surface area contributed by atoms with E-state index in [0.29, 0.717) is 25.4 Å². The second-order valence-corrected chi connectivity index (χ2v) is 6.70. The molecule has 0 spiro atoms. The number of carbonyl (C=O) groups excluding carboxylic acids is 1. The third kappa shape index (κ3) is 3.93. The van der Waals surface area contributed by atoms with Crippen LogP contribution in [0.15, 0.2) is 24.3 Å². The number of urea groups is 1. The highest BCUT2D eigenvalue weighted by molar-refractivity contribution is 5.75. The Morgan fingerprint density at radius 2 is 2.26 bits per heavy atom. The van der Waals surface area contributed by atoms with Crippen LogP contribution >= 0.6 is 0 Å². The van der Waals surface area contributed by atoms with Gasteiger partial charge in [0.05, 0.1) is 17.8 Å². The van der Waals surface area contributed by atoms with Gasteiger partial charge >= 0.3 is 6.03 Å². The van der Waals surface area contributed by atoms with Gasteiger partial charge in [0.2, 0.25) is 0 Å². The molecule has 0 aromatic heterocycles. The van der Waals surface area contributed by atoms with Crippen molar-refractivity contribution in [2.45, 2.75) is 37.8 Å². The molecule has 2 saturated heterocycles. The number of anilines is 1. The Bertz CT molecular complexity index is 561. The summed E-state index contributed by atoms with van der Waals surface area (Å²) in [5.74, 6) is -0.215. The van der Waals surface area contributed by atoms with Crippen LogP contribution < -0.4 is 15.5 Å². The summed E-state index contributed by atoms with van der Waals surface area (Å²) < 4.78 is 19.3. The molecule has 5 nitrogen and oxygen atoms in total. The molecule has 3 rings (SSSR count). The number of hydrogen-bond donors (Lipinski definition) is 2. The normalized spacial score (nSPS) is 27.7. The number of carbonyl (C=O) groups is 1. The molecule has 2 heterocycles. The fourth-order valence-electron chi connectivity index (χ4n) is 3.28. The van der Waals surface area contributed by atoms with E-state index >= 15 is 0 Å². The number of halogens is 1. The van der Waals surface area contributed by atoms with E-state index < -0.39 is 0 Å². The zero-order valence-electron chi connectivity index (χ0n) is 13.5. The van der Waals surface area contributed by atoms with Gasteiger partial charge in [0, 0.05) is 25.7 Å². The van der Waals surface area contributed by atoms with Gasteiger partial charge in [-0.15, -0.1) is 0 Å². The summed E-state index contributed by atoms with van der Waals surface area (Å²) in [6.07, 6.45) is 2.66. The number of ether oxygens (including phenoxy) is 1. The van der Waals surface area contributed by atoms with Gasteiger partial charge in [0.25, 0.3) is 0 Å². The summed E-state index contributed by atoms with van der Waals surface area (Å²) in [6, 6.07) is 6.64. The molecule has 6 heteroatoms. The Balaban J connectivity index is 1.56. The van der Waals surface area contributed by atoms with E-state index in [2.05, 4.69) is 10.6 Å². The molecule has 2 aliphatic rings. The number of benzene rings is 1. The minimum atomic E-state index is -0.288. The van der Waals surface area contributed by atoms with E-state index in [1.165, 1.54) is 6.07 Å². The standard InChI is InChI=1S/C17H24FN3O2/c1-17(8-10-23-12-17)20-16(22)19-13-5-4-9-21(11-13)15-7-3-2-6-14(15)18/h2-3,6-7,13H,4-5,8-12H2,1H3,(H2,19,20,22)/t13-,17-/m0/s1. The molecular weight excluding hydrogens is 297 g/mol. The predicted molar refractivity (Wildman–Crippen MR) is 87.1 cm³/mol. The van der Waals surface area contributed by atoms with Crippen molar-refractivity contribution in [3.63, 3.8) is 0 Å². The number of nitrogens with zero attached hydrogens (tertiary/aromatic N) is 1. The van der Waals surface area contributed by atoms with Gasteiger partial charge in [-0.05, 0) is 38.3 Å². The number of amides is 2. The molecule has 1 aromatic rings. The fraction of sp³-hybridized carbons (Fsp3) is 0.588. The zero-order valence-corrected chi connectivity index (χ0v) is 13.5. The Morgan fingerprint density at radius 3 is 3.00 bits per heavy atom. The smallest absolute Gasteiger partial charge is 0.315 e. The van der Waals surface area contributed by atoms with Crippen LogP contribution in [0, 0.1) is 5.82 Å². The molecule has 2 amide bonds. The number of nitrogens with one attached hydrogen (secondary N) is 2. The number of para-hydroxylation sites is 1. The quantitative estimate of drug-likeness (QED) is 0.898. The van der Waals surface area contributed by atoms with E-state index in [1.54, 1.807) is 12.1 Å². The topological polar surface area (TPSA) is 53.6 Å². The van der Waals surface area contributed by atoms with Gasteiger partial charge in [-0.1, -0.05) is 12.1 Å². The molecule has 2 atom stereocenters. The lowest BCUT2D eigenvalue weighted by Crippen LogP contribution is -2.56. The largest absolute Gasteiger partial charge is 0.379 e. The first-order chi connectivity index (χ1) is 11.1. The third-order valence-corrected chi connectivity index (χ3v) is 4.58. The lowest BCUT2D eigenvalue weighted by molar-refractivity contribution is 0.169. The monoisotopic (exact) mass is 321 g/mol. The molecule has 126 valence electrons. The minimum Gasteiger partial charge on any atom is -0.379 e. The first kappa shape index (κ1) is 16.1. The van der Waals surface area contributed by atoms with Gasteiger partial charge in [-0.3, -0.25) is 0 Å². The van der Waals surface area contributed by atoms with Crippen molar-refractivity contribution in [1.29, 1.82) is 0 Å². The van der Waals surface area contributed by atoms with Crippen LogP contribution in [-0.2, 0) is 4.74 Å². The van der Waals surface area contributed by atoms with Crippen LogP contribution in [0.2, 0.25) is 0 Å². The van der Waals surface area contributed by atoms with Crippen LogP contribution in [-0.4, -0.2) is 43.9 Å². The molecule has 1 aromatic carbocycles. The summed E-state index contributed by atoms with van der Waals surface area (Å²) in [7, 11) is 0. The minimum absolute atomic E-state index is 0.0225.